The van der Waals surface area contributed by atoms with Crippen molar-refractivity contribution >= 4 is 8.32 Å². The molecule has 3 nitrogen and oxygen atoms in total. The number of furan rings is 1. The van der Waals surface area contributed by atoms with Crippen LogP contribution in [0.3, 0.4) is 0 Å². The van der Waals surface area contributed by atoms with Gasteiger partial charge >= 0.3 is 0 Å². The highest BCUT2D eigenvalue weighted by atomic mass is 28.4. The molecule has 0 atom stereocenters. The standard InChI is InChI=1S/C8H14O3Si/c1-9-7-5-8(10-6-7)11-12(2,3)4/h5-6H,1-4H3. The Morgan fingerprint density at radius 2 is 2.00 bits per heavy atom. The van der Waals surface area contributed by atoms with Gasteiger partial charge in [-0.2, -0.15) is 0 Å². The first-order valence-corrected chi connectivity index (χ1v) is 7.23. The normalized spacial score (nSPS) is 11.3. The molecule has 0 amide bonds. The zero-order valence-corrected chi connectivity index (χ0v) is 8.88. The van der Waals surface area contributed by atoms with Gasteiger partial charge in [0.2, 0.25) is 8.32 Å². The van der Waals surface area contributed by atoms with Gasteiger partial charge < -0.3 is 13.6 Å². The Bertz CT molecular complexity index is 249. The molecule has 1 aromatic heterocycles. The lowest BCUT2D eigenvalue weighted by Gasteiger charge is -2.15. The van der Waals surface area contributed by atoms with Crippen LogP contribution in [0.2, 0.25) is 19.6 Å². The predicted octanol–water partition coefficient (Wildman–Crippen LogP) is 2.50. The quantitative estimate of drug-likeness (QED) is 0.680. The van der Waals surface area contributed by atoms with Gasteiger partial charge in [0.25, 0.3) is 5.95 Å². The molecule has 4 heteroatoms. The number of rotatable bonds is 3. The highest BCUT2D eigenvalue weighted by Gasteiger charge is 2.18. The second-order valence-electron chi connectivity index (χ2n) is 3.52. The molecular formula is C8H14O3Si. The van der Waals surface area contributed by atoms with E-state index >= 15 is 0 Å². The van der Waals surface area contributed by atoms with Crippen LogP contribution >= 0.6 is 0 Å². The SMILES string of the molecule is COc1coc(O[Si](C)(C)C)c1. The van der Waals surface area contributed by atoms with Gasteiger partial charge in [0.15, 0.2) is 5.75 Å². The average Bonchev–Trinajstić information content (AvgIpc) is 2.32. The van der Waals surface area contributed by atoms with Gasteiger partial charge in [0.1, 0.15) is 6.26 Å². The van der Waals surface area contributed by atoms with E-state index in [1.807, 2.05) is 0 Å². The molecule has 0 aliphatic rings. The third-order valence-electron chi connectivity index (χ3n) is 1.19. The molecule has 1 rings (SSSR count). The van der Waals surface area contributed by atoms with Crippen molar-refractivity contribution in [2.24, 2.45) is 0 Å². The summed E-state index contributed by atoms with van der Waals surface area (Å²) >= 11 is 0. The Morgan fingerprint density at radius 3 is 2.42 bits per heavy atom. The molecule has 0 N–H and O–H groups in total. The zero-order valence-electron chi connectivity index (χ0n) is 7.88. The molecule has 68 valence electrons. The fraction of sp³-hybridized carbons (Fsp3) is 0.500. The van der Waals surface area contributed by atoms with E-state index in [4.69, 9.17) is 13.6 Å². The van der Waals surface area contributed by atoms with Crippen molar-refractivity contribution in [3.8, 4) is 11.7 Å². The minimum absolute atomic E-state index is 0.547. The van der Waals surface area contributed by atoms with Crippen LogP contribution in [0, 0.1) is 0 Å². The van der Waals surface area contributed by atoms with Crippen LogP contribution in [0.4, 0.5) is 0 Å². The Hall–Kier alpha value is -0.903. The molecule has 1 heterocycles. The first kappa shape index (κ1) is 9.19. The second kappa shape index (κ2) is 3.22. The number of hydrogen-bond acceptors (Lipinski definition) is 3. The second-order valence-corrected chi connectivity index (χ2v) is 7.95. The Labute approximate surface area is 73.4 Å². The lowest BCUT2D eigenvalue weighted by atomic mass is 10.6. The van der Waals surface area contributed by atoms with Crippen LogP contribution in [-0.4, -0.2) is 15.4 Å². The molecule has 0 fully saturated rings. The summed E-state index contributed by atoms with van der Waals surface area (Å²) in [5.41, 5.74) is 0. The maximum Gasteiger partial charge on any atom is 0.274 e. The fourth-order valence-corrected chi connectivity index (χ4v) is 1.47. The predicted molar refractivity (Wildman–Crippen MR) is 49.2 cm³/mol. The van der Waals surface area contributed by atoms with Crippen LogP contribution in [0.15, 0.2) is 16.7 Å². The van der Waals surface area contributed by atoms with Crippen molar-refractivity contribution in [1.82, 2.24) is 0 Å². The lowest BCUT2D eigenvalue weighted by Crippen LogP contribution is -2.28. The summed E-state index contributed by atoms with van der Waals surface area (Å²) in [4.78, 5) is 0. The summed E-state index contributed by atoms with van der Waals surface area (Å²) in [5.74, 6) is 1.24. The van der Waals surface area contributed by atoms with Gasteiger partial charge in [-0.15, -0.1) is 0 Å². The first-order chi connectivity index (χ1) is 5.51. The number of methoxy groups -OCH3 is 1. The Balaban J connectivity index is 2.64. The van der Waals surface area contributed by atoms with E-state index in [2.05, 4.69) is 19.6 Å². The van der Waals surface area contributed by atoms with E-state index in [0.29, 0.717) is 11.7 Å². The Morgan fingerprint density at radius 1 is 1.33 bits per heavy atom. The molecule has 0 radical (unpaired) electrons. The molecular weight excluding hydrogens is 172 g/mol. The van der Waals surface area contributed by atoms with Crippen LogP contribution in [0.5, 0.6) is 11.7 Å². The molecule has 0 aromatic carbocycles. The first-order valence-electron chi connectivity index (χ1n) is 3.83. The number of hydrogen-bond donors (Lipinski definition) is 0. The van der Waals surface area contributed by atoms with Crippen molar-refractivity contribution in [2.45, 2.75) is 19.6 Å². The summed E-state index contributed by atoms with van der Waals surface area (Å²) in [6.07, 6.45) is 1.54. The van der Waals surface area contributed by atoms with E-state index in [-0.39, 0.29) is 0 Å². The molecule has 0 unspecified atom stereocenters. The smallest absolute Gasteiger partial charge is 0.274 e. The van der Waals surface area contributed by atoms with Crippen molar-refractivity contribution in [1.29, 1.82) is 0 Å². The highest BCUT2D eigenvalue weighted by molar-refractivity contribution is 6.70. The highest BCUT2D eigenvalue weighted by Crippen LogP contribution is 2.24. The molecule has 0 saturated heterocycles. The molecule has 0 spiro atoms. The lowest BCUT2D eigenvalue weighted by molar-refractivity contribution is 0.377. The molecule has 0 aliphatic carbocycles. The van der Waals surface area contributed by atoms with E-state index in [0.717, 1.165) is 0 Å². The van der Waals surface area contributed by atoms with E-state index in [1.54, 1.807) is 13.2 Å². The molecule has 0 bridgehead atoms. The van der Waals surface area contributed by atoms with Gasteiger partial charge in [-0.3, -0.25) is 0 Å². The van der Waals surface area contributed by atoms with E-state index in [9.17, 15) is 0 Å². The van der Waals surface area contributed by atoms with Crippen molar-refractivity contribution in [3.63, 3.8) is 0 Å². The number of ether oxygens (including phenoxy) is 1. The van der Waals surface area contributed by atoms with Crippen molar-refractivity contribution < 1.29 is 13.6 Å². The van der Waals surface area contributed by atoms with E-state index < -0.39 is 8.32 Å². The third-order valence-corrected chi connectivity index (χ3v) is 2.01. The van der Waals surface area contributed by atoms with Crippen LogP contribution in [0.1, 0.15) is 0 Å². The maximum atomic E-state index is 5.58. The summed E-state index contributed by atoms with van der Waals surface area (Å²) in [5, 5.41) is 0. The van der Waals surface area contributed by atoms with Crippen molar-refractivity contribution in [2.75, 3.05) is 7.11 Å². The van der Waals surface area contributed by atoms with Crippen molar-refractivity contribution in [3.05, 3.63) is 12.3 Å². The zero-order chi connectivity index (χ0) is 9.19. The van der Waals surface area contributed by atoms with Crippen LogP contribution < -0.4 is 9.16 Å². The largest absolute Gasteiger partial charge is 0.519 e. The topological polar surface area (TPSA) is 31.6 Å². The molecule has 0 aliphatic heterocycles. The van der Waals surface area contributed by atoms with Gasteiger partial charge in [-0.25, -0.2) is 0 Å². The van der Waals surface area contributed by atoms with Gasteiger partial charge in [-0.1, -0.05) is 0 Å². The molecule has 0 saturated carbocycles. The maximum absolute atomic E-state index is 5.58. The summed E-state index contributed by atoms with van der Waals surface area (Å²) in [6.45, 7) is 6.30. The summed E-state index contributed by atoms with van der Waals surface area (Å²) in [6, 6.07) is 1.75. The molecule has 1 aromatic rings. The Kier molecular flexibility index (Phi) is 2.47. The summed E-state index contributed by atoms with van der Waals surface area (Å²) < 4.78 is 15.6. The van der Waals surface area contributed by atoms with Crippen LogP contribution in [0.25, 0.3) is 0 Å². The minimum atomic E-state index is -1.55. The van der Waals surface area contributed by atoms with Gasteiger partial charge in [0.05, 0.1) is 13.2 Å². The van der Waals surface area contributed by atoms with Gasteiger partial charge in [-0.05, 0) is 19.6 Å². The minimum Gasteiger partial charge on any atom is -0.519 e. The third kappa shape index (κ3) is 2.62. The molecule has 12 heavy (non-hydrogen) atoms. The van der Waals surface area contributed by atoms with Gasteiger partial charge in [0, 0.05) is 0 Å². The van der Waals surface area contributed by atoms with E-state index in [1.165, 1.54) is 6.26 Å². The summed E-state index contributed by atoms with van der Waals surface area (Å²) in [7, 11) is 0.0536. The fourth-order valence-electron chi connectivity index (χ4n) is 0.763. The van der Waals surface area contributed by atoms with Crippen LogP contribution in [-0.2, 0) is 0 Å². The average molecular weight is 186 g/mol. The monoisotopic (exact) mass is 186 g/mol.